The van der Waals surface area contributed by atoms with Gasteiger partial charge >= 0.3 is 0 Å². The van der Waals surface area contributed by atoms with Gasteiger partial charge in [0.2, 0.25) is 0 Å². The summed E-state index contributed by atoms with van der Waals surface area (Å²) in [6.45, 7) is 10.00. The summed E-state index contributed by atoms with van der Waals surface area (Å²) >= 11 is 7.91. The quantitative estimate of drug-likeness (QED) is 0.735. The first kappa shape index (κ1) is 16.5. The Morgan fingerprint density at radius 2 is 1.76 bits per heavy atom. The predicted molar refractivity (Wildman–Crippen MR) is 94.6 cm³/mol. The second-order valence-electron chi connectivity index (χ2n) is 6.39. The molecular formula is C18H24ClNS. The zero-order chi connectivity index (χ0) is 15.5. The van der Waals surface area contributed by atoms with Crippen LogP contribution in [0, 0.1) is 0 Å². The highest BCUT2D eigenvalue weighted by Gasteiger charge is 2.20. The third-order valence-electron chi connectivity index (χ3n) is 3.45. The molecule has 0 aliphatic heterocycles. The summed E-state index contributed by atoms with van der Waals surface area (Å²) in [5, 5.41) is 4.44. The number of hydrogen-bond donors (Lipinski definition) is 1. The second kappa shape index (κ2) is 6.95. The largest absolute Gasteiger partial charge is 0.306 e. The van der Waals surface area contributed by atoms with E-state index in [1.54, 1.807) is 0 Å². The van der Waals surface area contributed by atoms with Crippen molar-refractivity contribution in [1.82, 2.24) is 5.32 Å². The topological polar surface area (TPSA) is 12.0 Å². The number of benzene rings is 1. The molecule has 0 amide bonds. The van der Waals surface area contributed by atoms with E-state index in [1.165, 1.54) is 15.3 Å². The minimum atomic E-state index is 0.207. The molecule has 3 heteroatoms. The van der Waals surface area contributed by atoms with E-state index in [4.69, 9.17) is 11.6 Å². The zero-order valence-corrected chi connectivity index (χ0v) is 14.8. The lowest BCUT2D eigenvalue weighted by Crippen LogP contribution is -2.22. The van der Waals surface area contributed by atoms with Gasteiger partial charge in [0.25, 0.3) is 0 Å². The summed E-state index contributed by atoms with van der Waals surface area (Å²) in [7, 11) is 0. The standard InChI is InChI=1S/C18H24ClNS/c1-5-12-20-17(13-6-8-14(19)9-7-13)15-10-11-16(21-15)18(2,3)4/h6-11,17,20H,5,12H2,1-4H3. The summed E-state index contributed by atoms with van der Waals surface area (Å²) in [6.07, 6.45) is 1.13. The van der Waals surface area contributed by atoms with Crippen LogP contribution in [0.25, 0.3) is 0 Å². The van der Waals surface area contributed by atoms with Crippen LogP contribution in [-0.2, 0) is 5.41 Å². The van der Waals surface area contributed by atoms with Crippen molar-refractivity contribution < 1.29 is 0 Å². The Balaban J connectivity index is 2.31. The molecule has 0 spiro atoms. The van der Waals surface area contributed by atoms with E-state index in [0.29, 0.717) is 0 Å². The minimum absolute atomic E-state index is 0.207. The summed E-state index contributed by atoms with van der Waals surface area (Å²) in [4.78, 5) is 2.80. The van der Waals surface area contributed by atoms with Crippen molar-refractivity contribution in [2.75, 3.05) is 6.54 Å². The van der Waals surface area contributed by atoms with Crippen LogP contribution in [0.2, 0.25) is 5.02 Å². The lowest BCUT2D eigenvalue weighted by molar-refractivity contribution is 0.603. The Morgan fingerprint density at radius 3 is 2.29 bits per heavy atom. The monoisotopic (exact) mass is 321 g/mol. The Hall–Kier alpha value is -0.830. The van der Waals surface area contributed by atoms with Crippen LogP contribution in [0.15, 0.2) is 36.4 Å². The summed E-state index contributed by atoms with van der Waals surface area (Å²) in [5.41, 5.74) is 1.48. The van der Waals surface area contributed by atoms with Crippen LogP contribution in [-0.4, -0.2) is 6.54 Å². The van der Waals surface area contributed by atoms with Gasteiger partial charge in [-0.3, -0.25) is 0 Å². The molecule has 0 aliphatic rings. The normalized spacial score (nSPS) is 13.4. The highest BCUT2D eigenvalue weighted by molar-refractivity contribution is 7.12. The molecule has 0 fully saturated rings. The van der Waals surface area contributed by atoms with E-state index in [0.717, 1.165) is 18.0 Å². The van der Waals surface area contributed by atoms with Gasteiger partial charge in [0.15, 0.2) is 0 Å². The molecule has 0 bridgehead atoms. The third kappa shape index (κ3) is 4.32. The van der Waals surface area contributed by atoms with Crippen LogP contribution >= 0.6 is 22.9 Å². The summed E-state index contributed by atoms with van der Waals surface area (Å²) in [5.74, 6) is 0. The van der Waals surface area contributed by atoms with Crippen molar-refractivity contribution in [3.8, 4) is 0 Å². The van der Waals surface area contributed by atoms with Gasteiger partial charge in [-0.15, -0.1) is 11.3 Å². The minimum Gasteiger partial charge on any atom is -0.306 e. The average molecular weight is 322 g/mol. The maximum atomic E-state index is 6.01. The molecule has 1 unspecified atom stereocenters. The van der Waals surface area contributed by atoms with Gasteiger partial charge in [-0.2, -0.15) is 0 Å². The van der Waals surface area contributed by atoms with E-state index < -0.39 is 0 Å². The van der Waals surface area contributed by atoms with E-state index in [9.17, 15) is 0 Å². The fourth-order valence-corrected chi connectivity index (χ4v) is 3.53. The van der Waals surface area contributed by atoms with Crippen LogP contribution in [0.5, 0.6) is 0 Å². The molecular weight excluding hydrogens is 298 g/mol. The molecule has 2 aromatic rings. The Morgan fingerprint density at radius 1 is 1.10 bits per heavy atom. The molecule has 1 atom stereocenters. The molecule has 0 aliphatic carbocycles. The Labute approximate surface area is 137 Å². The number of halogens is 1. The first-order valence-electron chi connectivity index (χ1n) is 7.51. The van der Waals surface area contributed by atoms with Crippen molar-refractivity contribution in [3.05, 3.63) is 56.7 Å². The molecule has 1 aromatic carbocycles. The van der Waals surface area contributed by atoms with E-state index in [-0.39, 0.29) is 11.5 Å². The van der Waals surface area contributed by atoms with Gasteiger partial charge in [-0.1, -0.05) is 51.4 Å². The van der Waals surface area contributed by atoms with Gasteiger partial charge in [-0.05, 0) is 48.2 Å². The van der Waals surface area contributed by atoms with Gasteiger partial charge in [-0.25, -0.2) is 0 Å². The summed E-state index contributed by atoms with van der Waals surface area (Å²) < 4.78 is 0. The fraction of sp³-hybridized carbons (Fsp3) is 0.444. The van der Waals surface area contributed by atoms with Crippen molar-refractivity contribution in [2.24, 2.45) is 0 Å². The second-order valence-corrected chi connectivity index (χ2v) is 7.94. The van der Waals surface area contributed by atoms with Crippen molar-refractivity contribution >= 4 is 22.9 Å². The number of thiophene rings is 1. The highest BCUT2D eigenvalue weighted by atomic mass is 35.5. The van der Waals surface area contributed by atoms with Gasteiger partial charge < -0.3 is 5.32 Å². The fourth-order valence-electron chi connectivity index (χ4n) is 2.24. The lowest BCUT2D eigenvalue weighted by Gasteiger charge is -2.19. The Bertz CT molecular complexity index is 566. The molecule has 0 saturated heterocycles. The van der Waals surface area contributed by atoms with Crippen LogP contribution < -0.4 is 5.32 Å². The molecule has 1 heterocycles. The maximum Gasteiger partial charge on any atom is 0.0671 e. The van der Waals surface area contributed by atoms with Gasteiger partial charge in [0.1, 0.15) is 0 Å². The number of rotatable bonds is 5. The smallest absolute Gasteiger partial charge is 0.0671 e. The lowest BCUT2D eigenvalue weighted by atomic mass is 9.95. The number of hydrogen-bond acceptors (Lipinski definition) is 2. The third-order valence-corrected chi connectivity index (χ3v) is 5.28. The first-order chi connectivity index (χ1) is 9.91. The van der Waals surface area contributed by atoms with Gasteiger partial charge in [0, 0.05) is 14.8 Å². The first-order valence-corrected chi connectivity index (χ1v) is 8.70. The summed E-state index contributed by atoms with van der Waals surface area (Å²) in [6, 6.07) is 12.9. The average Bonchev–Trinajstić information content (AvgIpc) is 2.91. The van der Waals surface area contributed by atoms with Crippen LogP contribution in [0.1, 0.15) is 55.5 Å². The highest BCUT2D eigenvalue weighted by Crippen LogP contribution is 2.34. The SMILES string of the molecule is CCCNC(c1ccc(Cl)cc1)c1ccc(C(C)(C)C)s1. The molecule has 1 aromatic heterocycles. The zero-order valence-electron chi connectivity index (χ0n) is 13.2. The van der Waals surface area contributed by atoms with Crippen molar-refractivity contribution in [1.29, 1.82) is 0 Å². The molecule has 114 valence electrons. The van der Waals surface area contributed by atoms with E-state index in [1.807, 2.05) is 23.5 Å². The van der Waals surface area contributed by atoms with E-state index >= 15 is 0 Å². The predicted octanol–water partition coefficient (Wildman–Crippen LogP) is 5.79. The van der Waals surface area contributed by atoms with Gasteiger partial charge in [0.05, 0.1) is 6.04 Å². The molecule has 21 heavy (non-hydrogen) atoms. The maximum absolute atomic E-state index is 6.01. The molecule has 0 saturated carbocycles. The van der Waals surface area contributed by atoms with Crippen LogP contribution in [0.3, 0.4) is 0 Å². The Kier molecular flexibility index (Phi) is 5.48. The van der Waals surface area contributed by atoms with E-state index in [2.05, 4.69) is 57.3 Å². The number of nitrogens with one attached hydrogen (secondary N) is 1. The van der Waals surface area contributed by atoms with Crippen molar-refractivity contribution in [2.45, 2.75) is 45.6 Å². The van der Waals surface area contributed by atoms with Crippen LogP contribution in [0.4, 0.5) is 0 Å². The van der Waals surface area contributed by atoms with Crippen molar-refractivity contribution in [3.63, 3.8) is 0 Å². The molecule has 0 radical (unpaired) electrons. The molecule has 1 N–H and O–H groups in total. The molecule has 2 rings (SSSR count). The molecule has 1 nitrogen and oxygen atoms in total.